The third-order valence-corrected chi connectivity index (χ3v) is 4.29. The fourth-order valence-electron chi connectivity index (χ4n) is 1.71. The van der Waals surface area contributed by atoms with Crippen molar-refractivity contribution >= 4 is 46.1 Å². The first kappa shape index (κ1) is 15.9. The van der Waals surface area contributed by atoms with Crippen molar-refractivity contribution in [3.05, 3.63) is 44.3 Å². The van der Waals surface area contributed by atoms with Crippen LogP contribution < -0.4 is 4.74 Å². The molecule has 0 fully saturated rings. The number of halogens is 3. The first-order chi connectivity index (χ1) is 9.67. The molecule has 0 aliphatic rings. The second kappa shape index (κ2) is 8.08. The van der Waals surface area contributed by atoms with Crippen LogP contribution in [0.5, 0.6) is 5.75 Å². The van der Waals surface area contributed by atoms with Crippen molar-refractivity contribution in [2.75, 3.05) is 6.61 Å². The summed E-state index contributed by atoms with van der Waals surface area (Å²) in [6.07, 6.45) is 2.95. The molecule has 0 amide bonds. The lowest BCUT2D eigenvalue weighted by Gasteiger charge is -2.06. The van der Waals surface area contributed by atoms with Crippen molar-refractivity contribution in [2.24, 2.45) is 0 Å². The molecule has 0 aliphatic heterocycles. The molecule has 0 bridgehead atoms. The van der Waals surface area contributed by atoms with Gasteiger partial charge in [-0.25, -0.2) is 4.98 Å². The van der Waals surface area contributed by atoms with E-state index in [-0.39, 0.29) is 0 Å². The highest BCUT2D eigenvalue weighted by molar-refractivity contribution is 7.09. The molecule has 108 valence electrons. The Hall–Kier alpha value is -0.480. The molecule has 1 aromatic carbocycles. The van der Waals surface area contributed by atoms with Crippen LogP contribution in [0.25, 0.3) is 0 Å². The van der Waals surface area contributed by atoms with Gasteiger partial charge in [-0.1, -0.05) is 23.2 Å². The number of nitrogens with zero attached hydrogens (tertiary/aromatic N) is 1. The Morgan fingerprint density at radius 1 is 1.10 bits per heavy atom. The Balaban J connectivity index is 1.68. The van der Waals surface area contributed by atoms with Crippen LogP contribution in [0.2, 0.25) is 10.0 Å². The van der Waals surface area contributed by atoms with Crippen LogP contribution in [-0.2, 0) is 12.3 Å². The van der Waals surface area contributed by atoms with Crippen LogP contribution in [0, 0.1) is 0 Å². The van der Waals surface area contributed by atoms with Crippen LogP contribution in [0.3, 0.4) is 0 Å². The van der Waals surface area contributed by atoms with Crippen molar-refractivity contribution < 1.29 is 4.74 Å². The Kier molecular flexibility index (Phi) is 6.43. The standard InChI is InChI=1S/C14H14Cl3NOS/c15-8-12-9-20-14(18-12)3-1-2-4-19-13-6-10(16)5-11(17)7-13/h5-7,9H,1-4,8H2. The van der Waals surface area contributed by atoms with E-state index in [2.05, 4.69) is 4.98 Å². The summed E-state index contributed by atoms with van der Waals surface area (Å²) < 4.78 is 5.62. The number of hydrogen-bond donors (Lipinski definition) is 0. The second-order valence-electron chi connectivity index (χ2n) is 4.28. The number of rotatable bonds is 7. The van der Waals surface area contributed by atoms with E-state index in [9.17, 15) is 0 Å². The maximum absolute atomic E-state index is 5.90. The summed E-state index contributed by atoms with van der Waals surface area (Å²) in [5.74, 6) is 1.19. The number of aryl methyl sites for hydroxylation is 1. The van der Waals surface area contributed by atoms with E-state index in [4.69, 9.17) is 39.5 Å². The van der Waals surface area contributed by atoms with Gasteiger partial charge in [0.1, 0.15) is 5.75 Å². The van der Waals surface area contributed by atoms with Gasteiger partial charge in [0, 0.05) is 15.4 Å². The summed E-state index contributed by atoms with van der Waals surface area (Å²) >= 11 is 19.2. The molecule has 2 rings (SSSR count). The lowest BCUT2D eigenvalue weighted by molar-refractivity contribution is 0.307. The van der Waals surface area contributed by atoms with Crippen LogP contribution in [0.15, 0.2) is 23.6 Å². The van der Waals surface area contributed by atoms with Crippen LogP contribution >= 0.6 is 46.1 Å². The highest BCUT2D eigenvalue weighted by atomic mass is 35.5. The highest BCUT2D eigenvalue weighted by Gasteiger charge is 2.02. The van der Waals surface area contributed by atoms with E-state index >= 15 is 0 Å². The Morgan fingerprint density at radius 2 is 1.85 bits per heavy atom. The van der Waals surface area contributed by atoms with Gasteiger partial charge in [0.2, 0.25) is 0 Å². The minimum absolute atomic E-state index is 0.481. The van der Waals surface area contributed by atoms with E-state index in [1.165, 1.54) is 0 Å². The van der Waals surface area contributed by atoms with E-state index in [1.54, 1.807) is 29.5 Å². The molecule has 0 N–H and O–H groups in total. The number of thiazole rings is 1. The lowest BCUT2D eigenvalue weighted by atomic mass is 10.2. The predicted molar refractivity (Wildman–Crippen MR) is 86.6 cm³/mol. The molecule has 2 nitrogen and oxygen atoms in total. The molecule has 0 unspecified atom stereocenters. The zero-order chi connectivity index (χ0) is 14.4. The average Bonchev–Trinajstić information content (AvgIpc) is 2.85. The number of benzene rings is 1. The SMILES string of the molecule is ClCc1csc(CCCCOc2cc(Cl)cc(Cl)c2)n1. The molecule has 0 saturated heterocycles. The smallest absolute Gasteiger partial charge is 0.122 e. The van der Waals surface area contributed by atoms with Crippen molar-refractivity contribution in [1.82, 2.24) is 4.98 Å². The zero-order valence-corrected chi connectivity index (χ0v) is 13.8. The molecule has 6 heteroatoms. The molecule has 20 heavy (non-hydrogen) atoms. The molecule has 1 aromatic heterocycles. The minimum atomic E-state index is 0.481. The molecular weight excluding hydrogens is 337 g/mol. The summed E-state index contributed by atoms with van der Waals surface area (Å²) in [4.78, 5) is 4.42. The summed E-state index contributed by atoms with van der Waals surface area (Å²) in [7, 11) is 0. The monoisotopic (exact) mass is 349 g/mol. The third kappa shape index (κ3) is 5.13. The number of ether oxygens (including phenoxy) is 1. The zero-order valence-electron chi connectivity index (χ0n) is 10.7. The topological polar surface area (TPSA) is 22.1 Å². The van der Waals surface area contributed by atoms with Gasteiger partial charge in [-0.05, 0) is 37.5 Å². The number of hydrogen-bond acceptors (Lipinski definition) is 3. The van der Waals surface area contributed by atoms with Crippen LogP contribution in [0.1, 0.15) is 23.5 Å². The quantitative estimate of drug-likeness (QED) is 0.479. The second-order valence-corrected chi connectivity index (χ2v) is 6.36. The predicted octanol–water partition coefficient (Wildman–Crippen LogP) is 5.59. The van der Waals surface area contributed by atoms with Crippen molar-refractivity contribution in [2.45, 2.75) is 25.1 Å². The molecule has 0 aliphatic carbocycles. The molecule has 0 spiro atoms. The van der Waals surface area contributed by atoms with Gasteiger partial charge >= 0.3 is 0 Å². The van der Waals surface area contributed by atoms with Gasteiger partial charge in [0.25, 0.3) is 0 Å². The van der Waals surface area contributed by atoms with Crippen molar-refractivity contribution in [3.63, 3.8) is 0 Å². The number of aromatic nitrogens is 1. The molecule has 2 aromatic rings. The third-order valence-electron chi connectivity index (χ3n) is 2.63. The van der Waals surface area contributed by atoms with Gasteiger partial charge in [-0.3, -0.25) is 0 Å². The van der Waals surface area contributed by atoms with E-state index < -0.39 is 0 Å². The summed E-state index contributed by atoms with van der Waals surface area (Å²) in [5, 5.41) is 4.31. The maximum Gasteiger partial charge on any atom is 0.122 e. The van der Waals surface area contributed by atoms with Gasteiger partial charge in [0.15, 0.2) is 0 Å². The normalized spacial score (nSPS) is 10.8. The van der Waals surface area contributed by atoms with Gasteiger partial charge in [-0.15, -0.1) is 22.9 Å². The summed E-state index contributed by atoms with van der Waals surface area (Å²) in [6, 6.07) is 5.22. The molecule has 0 atom stereocenters. The largest absolute Gasteiger partial charge is 0.493 e. The Bertz CT molecular complexity index is 539. The van der Waals surface area contributed by atoms with Crippen molar-refractivity contribution in [3.8, 4) is 5.75 Å². The van der Waals surface area contributed by atoms with Crippen LogP contribution in [-0.4, -0.2) is 11.6 Å². The number of unbranched alkanes of at least 4 members (excludes halogenated alkanes) is 1. The fourth-order valence-corrected chi connectivity index (χ4v) is 3.28. The summed E-state index contributed by atoms with van der Waals surface area (Å²) in [6.45, 7) is 0.643. The average molecular weight is 351 g/mol. The molecule has 1 heterocycles. The van der Waals surface area contributed by atoms with E-state index in [1.807, 2.05) is 5.38 Å². The minimum Gasteiger partial charge on any atom is -0.493 e. The van der Waals surface area contributed by atoms with Gasteiger partial charge in [-0.2, -0.15) is 0 Å². The Labute approximate surface area is 137 Å². The maximum atomic E-state index is 5.90. The summed E-state index contributed by atoms with van der Waals surface area (Å²) in [5.41, 5.74) is 0.955. The number of alkyl halides is 1. The first-order valence-corrected chi connectivity index (χ1v) is 8.42. The van der Waals surface area contributed by atoms with Crippen molar-refractivity contribution in [1.29, 1.82) is 0 Å². The molecule has 0 saturated carbocycles. The highest BCUT2D eigenvalue weighted by Crippen LogP contribution is 2.24. The van der Waals surface area contributed by atoms with E-state index in [0.29, 0.717) is 28.3 Å². The van der Waals surface area contributed by atoms with Crippen LogP contribution in [0.4, 0.5) is 0 Å². The van der Waals surface area contributed by atoms with E-state index in [0.717, 1.165) is 30.0 Å². The molecule has 0 radical (unpaired) electrons. The van der Waals surface area contributed by atoms with Gasteiger partial charge < -0.3 is 4.74 Å². The fraction of sp³-hybridized carbons (Fsp3) is 0.357. The lowest BCUT2D eigenvalue weighted by Crippen LogP contribution is -1.98. The first-order valence-electron chi connectivity index (χ1n) is 6.25. The molecular formula is C14H14Cl3NOS. The Morgan fingerprint density at radius 3 is 2.50 bits per heavy atom. The van der Waals surface area contributed by atoms with Gasteiger partial charge in [0.05, 0.1) is 23.2 Å².